The topological polar surface area (TPSA) is 121 Å². The van der Waals surface area contributed by atoms with Crippen molar-refractivity contribution in [3.63, 3.8) is 0 Å². The van der Waals surface area contributed by atoms with Crippen LogP contribution in [0.1, 0.15) is 0 Å². The lowest BCUT2D eigenvalue weighted by Gasteiger charge is -2.14. The monoisotopic (exact) mass is 443 g/mol. The summed E-state index contributed by atoms with van der Waals surface area (Å²) in [6.07, 6.45) is 0. The Morgan fingerprint density at radius 3 is 2.27 bits per heavy atom. The summed E-state index contributed by atoms with van der Waals surface area (Å²) in [6, 6.07) is 17.4. The number of benzene rings is 3. The molecule has 4 aromatic rings. The SMILES string of the molecule is O=c1[nH]c2ccc(S(=O)(=O)Nc3cc(Cl)ccc3Oc3ccccc3)cc2[nH]c1=O. The number of anilines is 1. The molecule has 0 radical (unpaired) electrons. The summed E-state index contributed by atoms with van der Waals surface area (Å²) in [7, 11) is -4.06. The Morgan fingerprint density at radius 1 is 0.833 bits per heavy atom. The lowest BCUT2D eigenvalue weighted by atomic mass is 10.3. The van der Waals surface area contributed by atoms with Crippen molar-refractivity contribution in [1.29, 1.82) is 0 Å². The number of ether oxygens (including phenoxy) is 1. The number of hydrogen-bond donors (Lipinski definition) is 3. The van der Waals surface area contributed by atoms with Crippen LogP contribution in [0.2, 0.25) is 5.02 Å². The molecule has 0 atom stereocenters. The van der Waals surface area contributed by atoms with E-state index in [0.29, 0.717) is 16.3 Å². The molecule has 152 valence electrons. The Morgan fingerprint density at radius 2 is 1.53 bits per heavy atom. The maximum absolute atomic E-state index is 12.9. The Hall–Kier alpha value is -3.56. The number of aromatic nitrogens is 2. The first-order chi connectivity index (χ1) is 14.3. The highest BCUT2D eigenvalue weighted by Crippen LogP contribution is 2.33. The van der Waals surface area contributed by atoms with E-state index in [-0.39, 0.29) is 21.8 Å². The van der Waals surface area contributed by atoms with Crippen molar-refractivity contribution in [3.05, 3.63) is 92.5 Å². The average Bonchev–Trinajstić information content (AvgIpc) is 2.71. The van der Waals surface area contributed by atoms with Crippen LogP contribution in [0.5, 0.6) is 11.5 Å². The van der Waals surface area contributed by atoms with E-state index in [1.54, 1.807) is 36.4 Å². The quantitative estimate of drug-likeness (QED) is 0.408. The molecule has 10 heteroatoms. The molecule has 0 spiro atoms. The van der Waals surface area contributed by atoms with Crippen LogP contribution in [-0.4, -0.2) is 18.4 Å². The molecule has 1 heterocycles. The Kier molecular flexibility index (Phi) is 5.06. The summed E-state index contributed by atoms with van der Waals surface area (Å²) in [6.45, 7) is 0. The number of para-hydroxylation sites is 1. The van der Waals surface area contributed by atoms with Gasteiger partial charge in [0.1, 0.15) is 5.75 Å². The summed E-state index contributed by atoms with van der Waals surface area (Å²) < 4.78 is 34.1. The molecule has 0 fully saturated rings. The Bertz CT molecular complexity index is 1460. The summed E-state index contributed by atoms with van der Waals surface area (Å²) >= 11 is 6.04. The maximum atomic E-state index is 12.9. The lowest BCUT2D eigenvalue weighted by Crippen LogP contribution is -2.29. The van der Waals surface area contributed by atoms with E-state index in [2.05, 4.69) is 14.7 Å². The first-order valence-electron chi connectivity index (χ1n) is 8.63. The van der Waals surface area contributed by atoms with E-state index >= 15 is 0 Å². The van der Waals surface area contributed by atoms with Gasteiger partial charge in [0.15, 0.2) is 5.75 Å². The zero-order valence-corrected chi connectivity index (χ0v) is 16.8. The van der Waals surface area contributed by atoms with Gasteiger partial charge in [0, 0.05) is 5.02 Å². The second-order valence-corrected chi connectivity index (χ2v) is 8.40. The molecule has 0 aliphatic rings. The van der Waals surface area contributed by atoms with Gasteiger partial charge in [0.25, 0.3) is 10.0 Å². The highest BCUT2D eigenvalue weighted by molar-refractivity contribution is 7.92. The first-order valence-corrected chi connectivity index (χ1v) is 10.5. The van der Waals surface area contributed by atoms with Gasteiger partial charge in [0.2, 0.25) is 0 Å². The van der Waals surface area contributed by atoms with E-state index in [0.717, 1.165) is 0 Å². The van der Waals surface area contributed by atoms with E-state index < -0.39 is 21.1 Å². The number of H-pyrrole nitrogens is 2. The van der Waals surface area contributed by atoms with Crippen molar-refractivity contribution < 1.29 is 13.2 Å². The number of rotatable bonds is 5. The van der Waals surface area contributed by atoms with Crippen molar-refractivity contribution in [1.82, 2.24) is 9.97 Å². The minimum Gasteiger partial charge on any atom is -0.455 e. The number of aromatic amines is 2. The van der Waals surface area contributed by atoms with Crippen molar-refractivity contribution in [2.45, 2.75) is 4.90 Å². The van der Waals surface area contributed by atoms with Crippen LogP contribution >= 0.6 is 11.6 Å². The van der Waals surface area contributed by atoms with Gasteiger partial charge >= 0.3 is 11.1 Å². The molecule has 0 aliphatic carbocycles. The fourth-order valence-corrected chi connectivity index (χ4v) is 4.01. The van der Waals surface area contributed by atoms with Crippen LogP contribution in [0.15, 0.2) is 81.2 Å². The zero-order valence-electron chi connectivity index (χ0n) is 15.2. The standard InChI is InChI=1S/C20H14ClN3O5S/c21-12-6-9-18(29-13-4-2-1-3-5-13)17(10-12)24-30(27,28)14-7-8-15-16(11-14)23-20(26)19(25)22-15/h1-11,24H,(H,22,25)(H,23,26). The van der Waals surface area contributed by atoms with Gasteiger partial charge in [-0.05, 0) is 48.5 Å². The van der Waals surface area contributed by atoms with Gasteiger partial charge in [-0.1, -0.05) is 29.8 Å². The van der Waals surface area contributed by atoms with Crippen LogP contribution in [0.4, 0.5) is 5.69 Å². The summed E-state index contributed by atoms with van der Waals surface area (Å²) in [4.78, 5) is 27.6. The van der Waals surface area contributed by atoms with E-state index in [1.807, 2.05) is 6.07 Å². The van der Waals surface area contributed by atoms with Crippen LogP contribution in [-0.2, 0) is 10.0 Å². The normalized spacial score (nSPS) is 11.4. The van der Waals surface area contributed by atoms with E-state index in [1.165, 1.54) is 24.3 Å². The van der Waals surface area contributed by atoms with Crippen LogP contribution < -0.4 is 20.6 Å². The molecule has 8 nitrogen and oxygen atoms in total. The summed E-state index contributed by atoms with van der Waals surface area (Å²) in [5.41, 5.74) is -1.08. The third-order valence-corrected chi connectivity index (χ3v) is 5.76. The third kappa shape index (κ3) is 4.07. The molecule has 0 saturated heterocycles. The fraction of sp³-hybridized carbons (Fsp3) is 0. The lowest BCUT2D eigenvalue weighted by molar-refractivity contribution is 0.485. The molecule has 0 aliphatic heterocycles. The molecule has 4 rings (SSSR count). The maximum Gasteiger partial charge on any atom is 0.314 e. The van der Waals surface area contributed by atoms with Gasteiger partial charge in [-0.25, -0.2) is 8.42 Å². The molecule has 0 amide bonds. The smallest absolute Gasteiger partial charge is 0.314 e. The second kappa shape index (κ2) is 7.69. The minimum absolute atomic E-state index is 0.122. The van der Waals surface area contributed by atoms with Crippen LogP contribution in [0.3, 0.4) is 0 Å². The van der Waals surface area contributed by atoms with Gasteiger partial charge in [0.05, 0.1) is 21.6 Å². The van der Waals surface area contributed by atoms with Gasteiger partial charge in [-0.2, -0.15) is 0 Å². The average molecular weight is 444 g/mol. The molecule has 0 bridgehead atoms. The molecular weight excluding hydrogens is 430 g/mol. The molecule has 3 aromatic carbocycles. The van der Waals surface area contributed by atoms with E-state index in [9.17, 15) is 18.0 Å². The molecule has 3 N–H and O–H groups in total. The predicted octanol–water partition coefficient (Wildman–Crippen LogP) is 3.46. The number of hydrogen-bond acceptors (Lipinski definition) is 5. The van der Waals surface area contributed by atoms with Crippen LogP contribution in [0, 0.1) is 0 Å². The number of fused-ring (bicyclic) bond motifs is 1. The fourth-order valence-electron chi connectivity index (χ4n) is 2.75. The molecule has 0 unspecified atom stereocenters. The Balaban J connectivity index is 1.72. The second-order valence-electron chi connectivity index (χ2n) is 6.28. The van der Waals surface area contributed by atoms with Crippen molar-refractivity contribution in [2.75, 3.05) is 4.72 Å². The zero-order chi connectivity index (χ0) is 21.3. The van der Waals surface area contributed by atoms with Gasteiger partial charge < -0.3 is 14.7 Å². The molecule has 0 saturated carbocycles. The molecular formula is C20H14ClN3O5S. The van der Waals surface area contributed by atoms with Crippen molar-refractivity contribution in [3.8, 4) is 11.5 Å². The first kappa shape index (κ1) is 19.7. The number of sulfonamides is 1. The van der Waals surface area contributed by atoms with Crippen molar-refractivity contribution in [2.24, 2.45) is 0 Å². The third-order valence-electron chi connectivity index (χ3n) is 4.16. The Labute approximate surface area is 175 Å². The van der Waals surface area contributed by atoms with Gasteiger partial charge in [-0.3, -0.25) is 14.3 Å². The summed E-state index contributed by atoms with van der Waals surface area (Å²) in [5.74, 6) is 0.778. The highest BCUT2D eigenvalue weighted by atomic mass is 35.5. The minimum atomic E-state index is -4.06. The van der Waals surface area contributed by atoms with Crippen LogP contribution in [0.25, 0.3) is 11.0 Å². The largest absolute Gasteiger partial charge is 0.455 e. The predicted molar refractivity (Wildman–Crippen MR) is 114 cm³/mol. The molecule has 1 aromatic heterocycles. The summed E-state index contributed by atoms with van der Waals surface area (Å²) in [5, 5.41) is 0.313. The number of halogens is 1. The van der Waals surface area contributed by atoms with E-state index in [4.69, 9.17) is 16.3 Å². The highest BCUT2D eigenvalue weighted by Gasteiger charge is 2.18. The van der Waals surface area contributed by atoms with Crippen molar-refractivity contribution >= 4 is 38.3 Å². The molecule has 30 heavy (non-hydrogen) atoms. The number of nitrogens with one attached hydrogen (secondary N) is 3. The van der Waals surface area contributed by atoms with Gasteiger partial charge in [-0.15, -0.1) is 0 Å².